The van der Waals surface area contributed by atoms with E-state index < -0.39 is 44.7 Å². The van der Waals surface area contributed by atoms with E-state index in [0.717, 1.165) is 18.2 Å². The van der Waals surface area contributed by atoms with Crippen LogP contribution in [-0.4, -0.2) is 75.6 Å². The zero-order valence-corrected chi connectivity index (χ0v) is 30.4. The molecule has 0 amide bonds. The number of nitrogens with two attached hydrogens (primary N) is 1. The molecule has 0 unspecified atom stereocenters. The van der Waals surface area contributed by atoms with Crippen LogP contribution in [0.5, 0.6) is 17.4 Å². The van der Waals surface area contributed by atoms with E-state index in [9.17, 15) is 35.2 Å². The van der Waals surface area contributed by atoms with Crippen molar-refractivity contribution in [2.45, 2.75) is 38.1 Å². The van der Waals surface area contributed by atoms with E-state index in [4.69, 9.17) is 15.2 Å². The van der Waals surface area contributed by atoms with Gasteiger partial charge in [-0.15, -0.1) is 0 Å². The summed E-state index contributed by atoms with van der Waals surface area (Å²) in [5.41, 5.74) is 7.02. The van der Waals surface area contributed by atoms with Crippen molar-refractivity contribution >= 4 is 32.3 Å². The smallest absolute Gasteiger partial charge is 0.417 e. The van der Waals surface area contributed by atoms with E-state index in [1.807, 2.05) is 0 Å². The molecule has 8 rings (SSSR count). The third-order valence-electron chi connectivity index (χ3n) is 10.1. The van der Waals surface area contributed by atoms with Gasteiger partial charge in [0.05, 0.1) is 46.4 Å². The number of sulfone groups is 1. The van der Waals surface area contributed by atoms with Crippen molar-refractivity contribution in [1.29, 1.82) is 0 Å². The fraction of sp³-hybridized carbons (Fsp3) is 0.256. The number of H-pyrrole nitrogens is 1. The highest BCUT2D eigenvalue weighted by Crippen LogP contribution is 2.43. The molecule has 0 bridgehead atoms. The van der Waals surface area contributed by atoms with Gasteiger partial charge >= 0.3 is 6.18 Å². The summed E-state index contributed by atoms with van der Waals surface area (Å²) < 4.78 is 108. The standard InChI is InChI=1S/C39H33F5N6O5S/c1-21-13-35(55-37-29(40)7-4-8-30(37)41)46-18-33(21)50-38(45)27(17-47-50)36(51)32-14-22-15-34(54-24-9-11-49(12-10-24)23-19-56(52,53)20-23)26(16-31(22)48-32)25-5-2-3-6-28(25)39(42,43)44/h2-8,13-18,23-24,48H,9-12,19-20,45H2,1H3. The third kappa shape index (κ3) is 7.07. The van der Waals surface area contributed by atoms with Crippen LogP contribution in [0.4, 0.5) is 27.8 Å². The number of hydrogen-bond donors (Lipinski definition) is 2. The topological polar surface area (TPSA) is 145 Å². The molecule has 2 fully saturated rings. The third-order valence-corrected chi connectivity index (χ3v) is 11.9. The van der Waals surface area contributed by atoms with Crippen LogP contribution in [-0.2, 0) is 16.0 Å². The van der Waals surface area contributed by atoms with E-state index in [2.05, 4.69) is 20.0 Å². The molecule has 3 aromatic heterocycles. The number of piperidine rings is 1. The number of carbonyl (C=O) groups excluding carboxylic acids is 1. The summed E-state index contributed by atoms with van der Waals surface area (Å²) in [7, 11) is -3.00. The largest absolute Gasteiger partial charge is 0.490 e. The first-order valence-corrected chi connectivity index (χ1v) is 19.4. The van der Waals surface area contributed by atoms with Gasteiger partial charge in [0.1, 0.15) is 17.7 Å². The number of alkyl halides is 3. The minimum absolute atomic E-state index is 0.0230. The number of hydrogen-bond acceptors (Lipinski definition) is 9. The number of carbonyl (C=O) groups is 1. The minimum atomic E-state index is -4.66. The number of halogens is 5. The molecule has 11 nitrogen and oxygen atoms in total. The molecule has 5 heterocycles. The lowest BCUT2D eigenvalue weighted by atomic mass is 9.97. The quantitative estimate of drug-likeness (QED) is 0.114. The van der Waals surface area contributed by atoms with Crippen LogP contribution in [0.3, 0.4) is 0 Å². The van der Waals surface area contributed by atoms with Crippen LogP contribution < -0.4 is 15.2 Å². The molecular formula is C39H33F5N6O5S. The molecule has 2 saturated heterocycles. The average Bonchev–Trinajstić information content (AvgIpc) is 3.74. The lowest BCUT2D eigenvalue weighted by molar-refractivity contribution is -0.137. The molecule has 0 aliphatic carbocycles. The molecule has 2 aliphatic rings. The lowest BCUT2D eigenvalue weighted by Gasteiger charge is -2.41. The van der Waals surface area contributed by atoms with Gasteiger partial charge in [-0.3, -0.25) is 9.69 Å². The highest BCUT2D eigenvalue weighted by molar-refractivity contribution is 7.92. The van der Waals surface area contributed by atoms with Crippen LogP contribution in [0.1, 0.15) is 40.0 Å². The van der Waals surface area contributed by atoms with E-state index in [1.54, 1.807) is 19.1 Å². The number of pyridine rings is 1. The van der Waals surface area contributed by atoms with E-state index in [1.165, 1.54) is 53.5 Å². The Balaban J connectivity index is 1.08. The number of aryl methyl sites for hydroxylation is 1. The van der Waals surface area contributed by atoms with Gasteiger partial charge in [0.15, 0.2) is 21.5 Å². The predicted octanol–water partition coefficient (Wildman–Crippen LogP) is 7.27. The summed E-state index contributed by atoms with van der Waals surface area (Å²) in [4.78, 5) is 23.2. The highest BCUT2D eigenvalue weighted by atomic mass is 32.2. The Labute approximate surface area is 316 Å². The van der Waals surface area contributed by atoms with Crippen molar-refractivity contribution in [2.24, 2.45) is 0 Å². The number of anilines is 1. The van der Waals surface area contributed by atoms with E-state index in [0.29, 0.717) is 48.1 Å². The summed E-state index contributed by atoms with van der Waals surface area (Å²) >= 11 is 0. The number of aromatic nitrogens is 4. The molecule has 290 valence electrons. The number of nitrogens with zero attached hydrogens (tertiary/aromatic N) is 4. The van der Waals surface area contributed by atoms with Gasteiger partial charge < -0.3 is 20.2 Å². The lowest BCUT2D eigenvalue weighted by Crippen LogP contribution is -2.56. The number of nitrogen functional groups attached to an aromatic ring is 1. The second kappa shape index (κ2) is 14.0. The number of nitrogens with one attached hydrogen (secondary N) is 1. The van der Waals surface area contributed by atoms with E-state index >= 15 is 0 Å². The molecular weight excluding hydrogens is 760 g/mol. The first-order valence-electron chi connectivity index (χ1n) is 17.6. The van der Waals surface area contributed by atoms with Crippen LogP contribution in [0.15, 0.2) is 79.1 Å². The maximum atomic E-state index is 14.3. The Hall–Kier alpha value is -5.81. The molecule has 3 aromatic carbocycles. The van der Waals surface area contributed by atoms with Gasteiger partial charge in [0.2, 0.25) is 17.4 Å². The van der Waals surface area contributed by atoms with Crippen molar-refractivity contribution in [2.75, 3.05) is 30.3 Å². The number of ether oxygens (including phenoxy) is 2. The predicted molar refractivity (Wildman–Crippen MR) is 197 cm³/mol. The maximum absolute atomic E-state index is 14.3. The first kappa shape index (κ1) is 37.1. The monoisotopic (exact) mass is 792 g/mol. The normalized spacial score (nSPS) is 16.5. The number of para-hydroxylation sites is 1. The molecule has 56 heavy (non-hydrogen) atoms. The number of rotatable bonds is 9. The van der Waals surface area contributed by atoms with Gasteiger partial charge in [-0.25, -0.2) is 26.9 Å². The molecule has 6 aromatic rings. The fourth-order valence-electron chi connectivity index (χ4n) is 7.20. The van der Waals surface area contributed by atoms with Crippen LogP contribution in [0.25, 0.3) is 27.7 Å². The van der Waals surface area contributed by atoms with Gasteiger partial charge in [-0.05, 0) is 67.3 Å². The van der Waals surface area contributed by atoms with Crippen molar-refractivity contribution in [1.82, 2.24) is 24.6 Å². The second-order valence-corrected chi connectivity index (χ2v) is 16.0. The van der Waals surface area contributed by atoms with Gasteiger partial charge in [-0.2, -0.15) is 18.3 Å². The summed E-state index contributed by atoms with van der Waals surface area (Å²) in [6.07, 6.45) is -1.32. The number of likely N-dealkylation sites (tertiary alicyclic amines) is 1. The number of ketones is 1. The van der Waals surface area contributed by atoms with Crippen molar-refractivity contribution in [3.63, 3.8) is 0 Å². The first-order chi connectivity index (χ1) is 26.6. The van der Waals surface area contributed by atoms with Crippen molar-refractivity contribution in [3.05, 3.63) is 113 Å². The number of fused-ring (bicyclic) bond motifs is 1. The molecule has 0 spiro atoms. The summed E-state index contributed by atoms with van der Waals surface area (Å²) in [5, 5.41) is 4.78. The summed E-state index contributed by atoms with van der Waals surface area (Å²) in [5.74, 6) is -2.65. The van der Waals surface area contributed by atoms with Crippen LogP contribution >= 0.6 is 0 Å². The summed E-state index contributed by atoms with van der Waals surface area (Å²) in [6.45, 7) is 2.83. The van der Waals surface area contributed by atoms with Crippen molar-refractivity contribution in [3.8, 4) is 34.2 Å². The van der Waals surface area contributed by atoms with Gasteiger partial charge in [0.25, 0.3) is 0 Å². The molecule has 2 aliphatic heterocycles. The molecule has 17 heteroatoms. The van der Waals surface area contributed by atoms with Gasteiger partial charge in [-0.1, -0.05) is 24.3 Å². The Morgan fingerprint density at radius 1 is 0.946 bits per heavy atom. The highest BCUT2D eigenvalue weighted by Gasteiger charge is 2.39. The Bertz CT molecular complexity index is 2580. The summed E-state index contributed by atoms with van der Waals surface area (Å²) in [6, 6.07) is 14.6. The van der Waals surface area contributed by atoms with Crippen LogP contribution in [0, 0.1) is 18.6 Å². The Kier molecular flexibility index (Phi) is 9.31. The number of aromatic amines is 1. The zero-order valence-electron chi connectivity index (χ0n) is 29.6. The van der Waals surface area contributed by atoms with Crippen molar-refractivity contribution < 1.29 is 44.6 Å². The SMILES string of the molecule is Cc1cc(Oc2c(F)cccc2F)ncc1-n1ncc(C(=O)c2cc3cc(OC4CCN(C5CS(=O)(=O)C5)CC4)c(-c4ccccc4C(F)(F)F)cc3[nH]2)c1N. The minimum Gasteiger partial charge on any atom is -0.490 e. The second-order valence-electron chi connectivity index (χ2n) is 13.9. The Morgan fingerprint density at radius 3 is 2.34 bits per heavy atom. The zero-order chi connectivity index (χ0) is 39.5. The van der Waals surface area contributed by atoms with Crippen LogP contribution in [0.2, 0.25) is 0 Å². The molecule has 0 saturated carbocycles. The fourth-order valence-corrected chi connectivity index (χ4v) is 8.69. The number of benzene rings is 3. The molecule has 3 N–H and O–H groups in total. The molecule has 0 radical (unpaired) electrons. The average molecular weight is 793 g/mol. The van der Waals surface area contributed by atoms with E-state index in [-0.39, 0.29) is 63.5 Å². The maximum Gasteiger partial charge on any atom is 0.417 e. The molecule has 0 atom stereocenters. The van der Waals surface area contributed by atoms with Gasteiger partial charge in [0, 0.05) is 41.7 Å². The Morgan fingerprint density at radius 2 is 1.66 bits per heavy atom.